The van der Waals surface area contributed by atoms with Gasteiger partial charge in [-0.05, 0) is 29.7 Å². The van der Waals surface area contributed by atoms with Crippen molar-refractivity contribution in [3.8, 4) is 11.5 Å². The van der Waals surface area contributed by atoms with E-state index >= 15 is 0 Å². The second-order valence-electron chi connectivity index (χ2n) is 6.03. The molecular weight excluding hydrogens is 266 g/mol. The first-order chi connectivity index (χ1) is 9.94. The van der Waals surface area contributed by atoms with E-state index in [9.17, 15) is 0 Å². The second kappa shape index (κ2) is 6.22. The standard InChI is InChI=1S/C17H23NO3/c1-17(2,3)15-8-13(19-4)5-6-16(15)21-11-14-7-12(9-18)10-20-14/h5-8,10H,9,11,18H2,1-4H3. The van der Waals surface area contributed by atoms with Crippen molar-refractivity contribution in [2.24, 2.45) is 5.73 Å². The van der Waals surface area contributed by atoms with E-state index < -0.39 is 0 Å². The summed E-state index contributed by atoms with van der Waals surface area (Å²) in [7, 11) is 1.67. The third-order valence-corrected chi connectivity index (χ3v) is 3.31. The Morgan fingerprint density at radius 1 is 1.19 bits per heavy atom. The number of hydrogen-bond acceptors (Lipinski definition) is 4. The molecule has 4 nitrogen and oxygen atoms in total. The van der Waals surface area contributed by atoms with Crippen molar-refractivity contribution in [2.75, 3.05) is 7.11 Å². The molecule has 0 aliphatic rings. The monoisotopic (exact) mass is 289 g/mol. The Bertz CT molecular complexity index is 596. The summed E-state index contributed by atoms with van der Waals surface area (Å²) in [6, 6.07) is 7.77. The fourth-order valence-electron chi connectivity index (χ4n) is 2.11. The summed E-state index contributed by atoms with van der Waals surface area (Å²) < 4.78 is 16.6. The van der Waals surface area contributed by atoms with Gasteiger partial charge in [-0.25, -0.2) is 0 Å². The summed E-state index contributed by atoms with van der Waals surface area (Å²) in [5.74, 6) is 2.44. The van der Waals surface area contributed by atoms with Crippen LogP contribution in [0.5, 0.6) is 11.5 Å². The Morgan fingerprint density at radius 2 is 1.95 bits per heavy atom. The molecule has 0 aliphatic heterocycles. The van der Waals surface area contributed by atoms with E-state index in [1.165, 1.54) is 0 Å². The summed E-state index contributed by atoms with van der Waals surface area (Å²) in [5.41, 5.74) is 7.61. The Balaban J connectivity index is 2.19. The molecule has 0 fully saturated rings. The minimum Gasteiger partial charge on any atom is -0.497 e. The van der Waals surface area contributed by atoms with E-state index in [0.717, 1.165) is 28.4 Å². The Kier molecular flexibility index (Phi) is 4.58. The lowest BCUT2D eigenvalue weighted by molar-refractivity contribution is 0.263. The molecular formula is C17H23NO3. The normalized spacial score (nSPS) is 11.5. The third-order valence-electron chi connectivity index (χ3n) is 3.31. The summed E-state index contributed by atoms with van der Waals surface area (Å²) in [6.07, 6.45) is 1.66. The van der Waals surface area contributed by atoms with Crippen LogP contribution in [0, 0.1) is 0 Å². The molecule has 21 heavy (non-hydrogen) atoms. The summed E-state index contributed by atoms with van der Waals surface area (Å²) >= 11 is 0. The van der Waals surface area contributed by atoms with Crippen LogP contribution in [0.2, 0.25) is 0 Å². The van der Waals surface area contributed by atoms with Gasteiger partial charge < -0.3 is 19.6 Å². The van der Waals surface area contributed by atoms with Crippen LogP contribution in [0.15, 0.2) is 34.9 Å². The average Bonchev–Trinajstić information content (AvgIpc) is 2.92. The molecule has 2 aromatic rings. The molecule has 2 N–H and O–H groups in total. The highest BCUT2D eigenvalue weighted by molar-refractivity contribution is 5.44. The number of furan rings is 1. The Labute approximate surface area is 125 Å². The second-order valence-corrected chi connectivity index (χ2v) is 6.03. The van der Waals surface area contributed by atoms with Crippen molar-refractivity contribution >= 4 is 0 Å². The maximum Gasteiger partial charge on any atom is 0.146 e. The quantitative estimate of drug-likeness (QED) is 0.913. The van der Waals surface area contributed by atoms with Crippen LogP contribution in [-0.4, -0.2) is 7.11 Å². The lowest BCUT2D eigenvalue weighted by Crippen LogP contribution is -2.13. The van der Waals surface area contributed by atoms with Crippen molar-refractivity contribution < 1.29 is 13.9 Å². The summed E-state index contributed by atoms with van der Waals surface area (Å²) in [4.78, 5) is 0. The van der Waals surface area contributed by atoms with Gasteiger partial charge >= 0.3 is 0 Å². The maximum atomic E-state index is 5.92. The van der Waals surface area contributed by atoms with Crippen molar-refractivity contribution in [3.05, 3.63) is 47.4 Å². The topological polar surface area (TPSA) is 57.6 Å². The Hall–Kier alpha value is -1.94. The predicted octanol–water partition coefficient (Wildman–Crippen LogP) is 3.62. The Morgan fingerprint density at radius 3 is 2.52 bits per heavy atom. The van der Waals surface area contributed by atoms with Gasteiger partial charge in [0.25, 0.3) is 0 Å². The van der Waals surface area contributed by atoms with Crippen molar-refractivity contribution in [3.63, 3.8) is 0 Å². The van der Waals surface area contributed by atoms with Crippen LogP contribution in [0.1, 0.15) is 37.7 Å². The minimum absolute atomic E-state index is 0.0323. The van der Waals surface area contributed by atoms with Crippen LogP contribution in [0.3, 0.4) is 0 Å². The number of ether oxygens (including phenoxy) is 2. The molecule has 4 heteroatoms. The number of rotatable bonds is 5. The van der Waals surface area contributed by atoms with E-state index in [0.29, 0.717) is 13.2 Å². The predicted molar refractivity (Wildman–Crippen MR) is 82.6 cm³/mol. The average molecular weight is 289 g/mol. The number of methoxy groups -OCH3 is 1. The molecule has 0 radical (unpaired) electrons. The molecule has 1 heterocycles. The van der Waals surface area contributed by atoms with Gasteiger partial charge in [0, 0.05) is 17.7 Å². The van der Waals surface area contributed by atoms with Gasteiger partial charge in [-0.1, -0.05) is 20.8 Å². The molecule has 0 saturated heterocycles. The molecule has 1 aromatic carbocycles. The zero-order chi connectivity index (χ0) is 15.5. The van der Waals surface area contributed by atoms with Crippen LogP contribution in [-0.2, 0) is 18.6 Å². The molecule has 1 aromatic heterocycles. The summed E-state index contributed by atoms with van der Waals surface area (Å²) in [5, 5.41) is 0. The molecule has 0 spiro atoms. The van der Waals surface area contributed by atoms with Crippen molar-refractivity contribution in [1.82, 2.24) is 0 Å². The smallest absolute Gasteiger partial charge is 0.146 e. The van der Waals surface area contributed by atoms with E-state index in [-0.39, 0.29) is 5.41 Å². The highest BCUT2D eigenvalue weighted by Gasteiger charge is 2.20. The number of benzene rings is 1. The first-order valence-corrected chi connectivity index (χ1v) is 7.01. The molecule has 0 unspecified atom stereocenters. The highest BCUT2D eigenvalue weighted by Crippen LogP contribution is 2.34. The van der Waals surface area contributed by atoms with Crippen LogP contribution in [0.4, 0.5) is 0 Å². The van der Waals surface area contributed by atoms with Crippen LogP contribution in [0.25, 0.3) is 0 Å². The maximum absolute atomic E-state index is 5.92. The van der Waals surface area contributed by atoms with Gasteiger partial charge in [0.2, 0.25) is 0 Å². The number of hydrogen-bond donors (Lipinski definition) is 1. The largest absolute Gasteiger partial charge is 0.497 e. The SMILES string of the molecule is COc1ccc(OCc2cc(CN)co2)c(C(C)(C)C)c1. The fraction of sp³-hybridized carbons (Fsp3) is 0.412. The van der Waals surface area contributed by atoms with Gasteiger partial charge in [0.15, 0.2) is 0 Å². The van der Waals surface area contributed by atoms with E-state index in [4.69, 9.17) is 19.6 Å². The molecule has 2 rings (SSSR count). The van der Waals surface area contributed by atoms with E-state index in [1.54, 1.807) is 13.4 Å². The van der Waals surface area contributed by atoms with Crippen molar-refractivity contribution in [2.45, 2.75) is 39.3 Å². The summed E-state index contributed by atoms with van der Waals surface area (Å²) in [6.45, 7) is 7.30. The van der Waals surface area contributed by atoms with Gasteiger partial charge in [-0.15, -0.1) is 0 Å². The first kappa shape index (κ1) is 15.4. The molecule has 114 valence electrons. The van der Waals surface area contributed by atoms with Crippen molar-refractivity contribution in [1.29, 1.82) is 0 Å². The molecule has 0 amide bonds. The van der Waals surface area contributed by atoms with Gasteiger partial charge in [0.05, 0.1) is 13.4 Å². The van der Waals surface area contributed by atoms with Crippen LogP contribution < -0.4 is 15.2 Å². The zero-order valence-corrected chi connectivity index (χ0v) is 13.1. The third kappa shape index (κ3) is 3.79. The van der Waals surface area contributed by atoms with E-state index in [1.807, 2.05) is 24.3 Å². The van der Waals surface area contributed by atoms with Gasteiger partial charge in [-0.3, -0.25) is 0 Å². The lowest BCUT2D eigenvalue weighted by Gasteiger charge is -2.23. The highest BCUT2D eigenvalue weighted by atomic mass is 16.5. The first-order valence-electron chi connectivity index (χ1n) is 7.01. The van der Waals surface area contributed by atoms with Crippen LogP contribution >= 0.6 is 0 Å². The molecule has 0 aliphatic carbocycles. The van der Waals surface area contributed by atoms with Gasteiger partial charge in [0.1, 0.15) is 23.9 Å². The molecule has 0 bridgehead atoms. The molecule has 0 atom stereocenters. The minimum atomic E-state index is -0.0323. The fourth-order valence-corrected chi connectivity index (χ4v) is 2.11. The molecule has 0 saturated carbocycles. The van der Waals surface area contributed by atoms with E-state index in [2.05, 4.69) is 20.8 Å². The lowest BCUT2D eigenvalue weighted by atomic mass is 9.86. The zero-order valence-electron chi connectivity index (χ0n) is 13.1. The van der Waals surface area contributed by atoms with Gasteiger partial charge in [-0.2, -0.15) is 0 Å². The number of nitrogens with two attached hydrogens (primary N) is 1.